The number of piperidine rings is 1. The molecule has 0 radical (unpaired) electrons. The number of hydrogen-bond donors (Lipinski definition) is 1. The molecule has 1 unspecified atom stereocenters. The number of aromatic nitrogens is 4. The molecule has 1 saturated heterocycles. The standard InChI is InChI=1S/C13H20N6O/c1-17(2)9-5-4-6-19(8-9)13-15-11-10(12(20)16-13)7-14-18(11)3/h7,9H,4-6,8H2,1-3H3,(H,15,16,20). The molecule has 0 spiro atoms. The monoisotopic (exact) mass is 276 g/mol. The van der Waals surface area contributed by atoms with Crippen LogP contribution < -0.4 is 10.5 Å². The summed E-state index contributed by atoms with van der Waals surface area (Å²) in [4.78, 5) is 23.9. The number of H-pyrrole nitrogens is 1. The summed E-state index contributed by atoms with van der Waals surface area (Å²) in [5.41, 5.74) is 0.515. The first-order chi connectivity index (χ1) is 9.56. The first-order valence-electron chi connectivity index (χ1n) is 6.89. The van der Waals surface area contributed by atoms with Crippen molar-refractivity contribution in [3.8, 4) is 0 Å². The van der Waals surface area contributed by atoms with Crippen LogP contribution >= 0.6 is 0 Å². The van der Waals surface area contributed by atoms with Gasteiger partial charge in [-0.3, -0.25) is 14.5 Å². The van der Waals surface area contributed by atoms with E-state index in [0.29, 0.717) is 23.0 Å². The number of fused-ring (bicyclic) bond motifs is 1. The van der Waals surface area contributed by atoms with E-state index >= 15 is 0 Å². The van der Waals surface area contributed by atoms with Gasteiger partial charge in [0.05, 0.1) is 6.20 Å². The third-order valence-electron chi connectivity index (χ3n) is 4.02. The molecule has 1 N–H and O–H groups in total. The van der Waals surface area contributed by atoms with E-state index in [9.17, 15) is 4.79 Å². The van der Waals surface area contributed by atoms with Crippen LogP contribution in [0.2, 0.25) is 0 Å². The molecule has 0 aromatic carbocycles. The Morgan fingerprint density at radius 3 is 3.00 bits per heavy atom. The fourth-order valence-electron chi connectivity index (χ4n) is 2.74. The molecule has 108 valence electrons. The molecule has 7 nitrogen and oxygen atoms in total. The van der Waals surface area contributed by atoms with Crippen molar-refractivity contribution in [2.75, 3.05) is 32.1 Å². The van der Waals surface area contributed by atoms with Crippen molar-refractivity contribution in [1.29, 1.82) is 0 Å². The molecule has 20 heavy (non-hydrogen) atoms. The van der Waals surface area contributed by atoms with Crippen molar-refractivity contribution in [2.45, 2.75) is 18.9 Å². The summed E-state index contributed by atoms with van der Waals surface area (Å²) in [6.45, 7) is 1.82. The highest BCUT2D eigenvalue weighted by atomic mass is 16.1. The number of nitrogens with zero attached hydrogens (tertiary/aromatic N) is 5. The highest BCUT2D eigenvalue weighted by Gasteiger charge is 2.23. The molecular formula is C13H20N6O. The molecule has 3 heterocycles. The van der Waals surface area contributed by atoms with Gasteiger partial charge in [-0.05, 0) is 26.9 Å². The Labute approximate surface area is 117 Å². The third-order valence-corrected chi connectivity index (χ3v) is 4.02. The molecule has 0 bridgehead atoms. The molecule has 3 rings (SSSR count). The molecule has 0 aliphatic carbocycles. The first kappa shape index (κ1) is 13.1. The zero-order valence-corrected chi connectivity index (χ0v) is 12.1. The number of hydrogen-bond acceptors (Lipinski definition) is 5. The summed E-state index contributed by atoms with van der Waals surface area (Å²) in [6, 6.07) is 0.497. The van der Waals surface area contributed by atoms with E-state index in [0.717, 1.165) is 19.5 Å². The second kappa shape index (κ2) is 4.90. The minimum absolute atomic E-state index is 0.120. The largest absolute Gasteiger partial charge is 0.341 e. The molecule has 1 aliphatic heterocycles. The maximum Gasteiger partial charge on any atom is 0.263 e. The van der Waals surface area contributed by atoms with Gasteiger partial charge in [-0.1, -0.05) is 0 Å². The Kier molecular flexibility index (Phi) is 3.21. The Morgan fingerprint density at radius 2 is 2.25 bits per heavy atom. The second-order valence-electron chi connectivity index (χ2n) is 5.60. The second-order valence-corrected chi connectivity index (χ2v) is 5.60. The highest BCUT2D eigenvalue weighted by molar-refractivity contribution is 5.74. The molecule has 2 aromatic heterocycles. The quantitative estimate of drug-likeness (QED) is 0.848. The van der Waals surface area contributed by atoms with E-state index in [1.165, 1.54) is 6.42 Å². The average Bonchev–Trinajstić information content (AvgIpc) is 2.81. The van der Waals surface area contributed by atoms with Crippen LogP contribution in [0.3, 0.4) is 0 Å². The van der Waals surface area contributed by atoms with Crippen molar-refractivity contribution in [2.24, 2.45) is 7.05 Å². The van der Waals surface area contributed by atoms with Gasteiger partial charge >= 0.3 is 0 Å². The van der Waals surface area contributed by atoms with Crippen LogP contribution in [0.4, 0.5) is 5.95 Å². The van der Waals surface area contributed by atoms with Crippen molar-refractivity contribution >= 4 is 17.0 Å². The lowest BCUT2D eigenvalue weighted by Gasteiger charge is -2.36. The van der Waals surface area contributed by atoms with Gasteiger partial charge < -0.3 is 9.80 Å². The fraction of sp³-hybridized carbons (Fsp3) is 0.615. The summed E-state index contributed by atoms with van der Waals surface area (Å²) in [5.74, 6) is 0.651. The zero-order chi connectivity index (χ0) is 14.3. The van der Waals surface area contributed by atoms with Gasteiger partial charge in [-0.2, -0.15) is 10.1 Å². The Balaban J connectivity index is 1.97. The summed E-state index contributed by atoms with van der Waals surface area (Å²) in [5, 5.41) is 4.63. The van der Waals surface area contributed by atoms with Crippen molar-refractivity contribution in [3.05, 3.63) is 16.6 Å². The van der Waals surface area contributed by atoms with Gasteiger partial charge in [0.2, 0.25) is 5.95 Å². The predicted molar refractivity (Wildman–Crippen MR) is 78.1 cm³/mol. The summed E-state index contributed by atoms with van der Waals surface area (Å²) < 4.78 is 1.64. The minimum atomic E-state index is -0.120. The van der Waals surface area contributed by atoms with Gasteiger partial charge in [0.15, 0.2) is 5.65 Å². The van der Waals surface area contributed by atoms with Crippen molar-refractivity contribution < 1.29 is 0 Å². The lowest BCUT2D eigenvalue weighted by Crippen LogP contribution is -2.46. The summed E-state index contributed by atoms with van der Waals surface area (Å²) >= 11 is 0. The molecule has 1 fully saturated rings. The van der Waals surface area contributed by atoms with Crippen LogP contribution in [0.1, 0.15) is 12.8 Å². The maximum atomic E-state index is 12.1. The van der Waals surface area contributed by atoms with Crippen LogP contribution in [0.25, 0.3) is 11.0 Å². The Hall–Kier alpha value is -1.89. The lowest BCUT2D eigenvalue weighted by atomic mass is 10.1. The average molecular weight is 276 g/mol. The van der Waals surface area contributed by atoms with E-state index in [2.05, 4.69) is 39.0 Å². The molecule has 1 aliphatic rings. The maximum absolute atomic E-state index is 12.1. The fourth-order valence-corrected chi connectivity index (χ4v) is 2.74. The van der Waals surface area contributed by atoms with Crippen LogP contribution in [0, 0.1) is 0 Å². The summed E-state index contributed by atoms with van der Waals surface area (Å²) in [6.07, 6.45) is 3.85. The lowest BCUT2D eigenvalue weighted by molar-refractivity contribution is 0.257. The zero-order valence-electron chi connectivity index (χ0n) is 12.1. The number of nitrogens with one attached hydrogen (secondary N) is 1. The number of anilines is 1. The van der Waals surface area contributed by atoms with E-state index in [1.54, 1.807) is 17.9 Å². The molecule has 7 heteroatoms. The molecule has 1 atom stereocenters. The third kappa shape index (κ3) is 2.18. The smallest absolute Gasteiger partial charge is 0.263 e. The molecule has 2 aromatic rings. The Bertz CT molecular complexity index is 673. The molecule has 0 amide bonds. The normalized spacial score (nSPS) is 20.0. The first-order valence-corrected chi connectivity index (χ1v) is 6.89. The van der Waals surface area contributed by atoms with E-state index in [1.807, 2.05) is 0 Å². The van der Waals surface area contributed by atoms with Crippen LogP contribution in [-0.2, 0) is 7.05 Å². The number of aromatic amines is 1. The van der Waals surface area contributed by atoms with Crippen molar-refractivity contribution in [3.63, 3.8) is 0 Å². The van der Waals surface area contributed by atoms with Gasteiger partial charge in [-0.15, -0.1) is 0 Å². The van der Waals surface area contributed by atoms with Crippen LogP contribution in [0.5, 0.6) is 0 Å². The van der Waals surface area contributed by atoms with E-state index < -0.39 is 0 Å². The van der Waals surface area contributed by atoms with Crippen molar-refractivity contribution in [1.82, 2.24) is 24.6 Å². The van der Waals surface area contributed by atoms with E-state index in [4.69, 9.17) is 0 Å². The topological polar surface area (TPSA) is 70.1 Å². The van der Waals surface area contributed by atoms with Gasteiger partial charge in [0.25, 0.3) is 5.56 Å². The number of aryl methyl sites for hydroxylation is 1. The Morgan fingerprint density at radius 1 is 1.45 bits per heavy atom. The minimum Gasteiger partial charge on any atom is -0.341 e. The highest BCUT2D eigenvalue weighted by Crippen LogP contribution is 2.18. The van der Waals surface area contributed by atoms with Crippen LogP contribution in [0.15, 0.2) is 11.0 Å². The number of rotatable bonds is 2. The van der Waals surface area contributed by atoms with Gasteiger partial charge in [0, 0.05) is 26.2 Å². The van der Waals surface area contributed by atoms with Crippen LogP contribution in [-0.4, -0.2) is 57.9 Å². The van der Waals surface area contributed by atoms with Gasteiger partial charge in [0.1, 0.15) is 5.39 Å². The summed E-state index contributed by atoms with van der Waals surface area (Å²) in [7, 11) is 5.99. The van der Waals surface area contributed by atoms with E-state index in [-0.39, 0.29) is 5.56 Å². The number of likely N-dealkylation sites (N-methyl/N-ethyl adjacent to an activating group) is 1. The van der Waals surface area contributed by atoms with Gasteiger partial charge in [-0.25, -0.2) is 0 Å². The SMILES string of the molecule is CN(C)C1CCCN(c2nc3c(cnn3C)c(=O)[nH]2)C1. The molecule has 0 saturated carbocycles. The predicted octanol–water partition coefficient (Wildman–Crippen LogP) is 0.187. The molecular weight excluding hydrogens is 256 g/mol.